The van der Waals surface area contributed by atoms with Gasteiger partial charge in [0.15, 0.2) is 5.88 Å². The number of nitrogens with zero attached hydrogens (tertiary/aromatic N) is 3. The molecular formula is C18H23N3O5S. The molecule has 9 heteroatoms. The van der Waals surface area contributed by atoms with Crippen LogP contribution in [-0.4, -0.2) is 72.8 Å². The Morgan fingerprint density at radius 2 is 1.93 bits per heavy atom. The summed E-state index contributed by atoms with van der Waals surface area (Å²) in [6, 6.07) is 3.60. The molecule has 0 N–H and O–H groups in total. The lowest BCUT2D eigenvalue weighted by molar-refractivity contribution is -0.139. The molecule has 0 atom stereocenters. The molecule has 146 valence electrons. The number of imide groups is 1. The van der Waals surface area contributed by atoms with Crippen LogP contribution in [0.3, 0.4) is 0 Å². The summed E-state index contributed by atoms with van der Waals surface area (Å²) in [5.41, 5.74) is 0. The van der Waals surface area contributed by atoms with Crippen molar-refractivity contribution in [3.63, 3.8) is 0 Å². The summed E-state index contributed by atoms with van der Waals surface area (Å²) in [7, 11) is 0. The summed E-state index contributed by atoms with van der Waals surface area (Å²) in [6.45, 7) is 7.34. The van der Waals surface area contributed by atoms with E-state index >= 15 is 0 Å². The van der Waals surface area contributed by atoms with Crippen molar-refractivity contribution in [2.45, 2.75) is 13.8 Å². The molecule has 8 nitrogen and oxygen atoms in total. The van der Waals surface area contributed by atoms with Gasteiger partial charge in [0.1, 0.15) is 12.3 Å². The predicted octanol–water partition coefficient (Wildman–Crippen LogP) is 2.02. The van der Waals surface area contributed by atoms with Crippen molar-refractivity contribution in [3.05, 3.63) is 22.8 Å². The quantitative estimate of drug-likeness (QED) is 0.684. The summed E-state index contributed by atoms with van der Waals surface area (Å²) in [4.78, 5) is 42.0. The molecule has 0 bridgehead atoms. The molecule has 0 aromatic carbocycles. The molecule has 0 saturated carbocycles. The zero-order chi connectivity index (χ0) is 19.4. The van der Waals surface area contributed by atoms with E-state index in [-0.39, 0.29) is 17.4 Å². The largest absolute Gasteiger partial charge is 0.441 e. The van der Waals surface area contributed by atoms with Crippen LogP contribution in [0, 0.1) is 0 Å². The maximum absolute atomic E-state index is 12.6. The first-order valence-corrected chi connectivity index (χ1v) is 9.80. The standard InChI is InChI=1S/C18H23N3O5S/c1-3-19(4-2)16-6-5-13(26-16)11-14-17(23)21(18(24)27-14)12-15(22)20-7-9-25-10-8-20/h5-6,11H,3-4,7-10,12H2,1-2H3/b14-11-. The highest BCUT2D eigenvalue weighted by molar-refractivity contribution is 8.18. The van der Waals surface area contributed by atoms with E-state index in [4.69, 9.17) is 9.15 Å². The number of morpholine rings is 1. The maximum Gasteiger partial charge on any atom is 0.294 e. The van der Waals surface area contributed by atoms with Crippen LogP contribution in [0.1, 0.15) is 19.6 Å². The summed E-state index contributed by atoms with van der Waals surface area (Å²) in [6.07, 6.45) is 1.55. The molecule has 0 unspecified atom stereocenters. The monoisotopic (exact) mass is 393 g/mol. The predicted molar refractivity (Wildman–Crippen MR) is 102 cm³/mol. The van der Waals surface area contributed by atoms with Crippen molar-refractivity contribution in [1.29, 1.82) is 0 Å². The van der Waals surface area contributed by atoms with Crippen molar-refractivity contribution >= 4 is 40.8 Å². The molecule has 2 aliphatic rings. The molecule has 2 saturated heterocycles. The first-order valence-electron chi connectivity index (χ1n) is 8.99. The van der Waals surface area contributed by atoms with Gasteiger partial charge in [-0.3, -0.25) is 19.3 Å². The Kier molecular flexibility index (Phi) is 6.22. The molecule has 0 aliphatic carbocycles. The van der Waals surface area contributed by atoms with Crippen LogP contribution < -0.4 is 4.90 Å². The number of ether oxygens (including phenoxy) is 1. The Labute approximate surface area is 162 Å². The van der Waals surface area contributed by atoms with Gasteiger partial charge in [0.05, 0.1) is 18.1 Å². The Morgan fingerprint density at radius 3 is 2.59 bits per heavy atom. The summed E-state index contributed by atoms with van der Waals surface area (Å²) in [5, 5.41) is -0.441. The van der Waals surface area contributed by atoms with E-state index in [1.54, 1.807) is 17.0 Å². The van der Waals surface area contributed by atoms with E-state index in [1.807, 2.05) is 24.8 Å². The number of carbonyl (C=O) groups excluding carboxylic acids is 3. The molecule has 27 heavy (non-hydrogen) atoms. The van der Waals surface area contributed by atoms with Crippen molar-refractivity contribution in [3.8, 4) is 0 Å². The van der Waals surface area contributed by atoms with Gasteiger partial charge in [0.25, 0.3) is 11.1 Å². The lowest BCUT2D eigenvalue weighted by atomic mass is 10.3. The molecule has 3 rings (SSSR count). The smallest absolute Gasteiger partial charge is 0.294 e. The van der Waals surface area contributed by atoms with E-state index in [0.717, 1.165) is 29.8 Å². The average Bonchev–Trinajstić information content (AvgIpc) is 3.24. The van der Waals surface area contributed by atoms with Crippen molar-refractivity contribution in [2.24, 2.45) is 0 Å². The molecule has 0 spiro atoms. The van der Waals surface area contributed by atoms with Gasteiger partial charge in [0, 0.05) is 38.3 Å². The van der Waals surface area contributed by atoms with Gasteiger partial charge < -0.3 is 19.0 Å². The number of hydrogen-bond acceptors (Lipinski definition) is 7. The molecule has 3 heterocycles. The number of amides is 3. The molecule has 0 radical (unpaired) electrons. The SMILES string of the molecule is CCN(CC)c1ccc(/C=C2\SC(=O)N(CC(=O)N3CCOCC3)C2=O)o1. The second-order valence-corrected chi connectivity index (χ2v) is 7.10. The second kappa shape index (κ2) is 8.62. The zero-order valence-corrected chi connectivity index (χ0v) is 16.3. The highest BCUT2D eigenvalue weighted by Gasteiger charge is 2.37. The number of carbonyl (C=O) groups is 3. The number of furan rings is 1. The summed E-state index contributed by atoms with van der Waals surface area (Å²) in [5.74, 6) is 0.506. The fourth-order valence-corrected chi connectivity index (χ4v) is 3.76. The van der Waals surface area contributed by atoms with Crippen LogP contribution in [0.4, 0.5) is 10.7 Å². The van der Waals surface area contributed by atoms with E-state index in [9.17, 15) is 14.4 Å². The molecular weight excluding hydrogens is 370 g/mol. The zero-order valence-electron chi connectivity index (χ0n) is 15.5. The van der Waals surface area contributed by atoms with Crippen molar-refractivity contribution in [1.82, 2.24) is 9.80 Å². The Morgan fingerprint density at radius 1 is 1.22 bits per heavy atom. The highest BCUT2D eigenvalue weighted by atomic mass is 32.2. The van der Waals surface area contributed by atoms with E-state index < -0.39 is 11.1 Å². The fourth-order valence-electron chi connectivity index (χ4n) is 2.94. The van der Waals surface area contributed by atoms with Gasteiger partial charge in [0.2, 0.25) is 5.91 Å². The summed E-state index contributed by atoms with van der Waals surface area (Å²) >= 11 is 0.824. The Bertz CT molecular complexity index is 750. The number of anilines is 1. The van der Waals surface area contributed by atoms with Crippen molar-refractivity contribution in [2.75, 3.05) is 50.8 Å². The van der Waals surface area contributed by atoms with Crippen LogP contribution in [0.2, 0.25) is 0 Å². The lowest BCUT2D eigenvalue weighted by Crippen LogP contribution is -2.46. The number of hydrogen-bond donors (Lipinski definition) is 0. The van der Waals surface area contributed by atoms with Crippen LogP contribution in [0.25, 0.3) is 6.08 Å². The van der Waals surface area contributed by atoms with Gasteiger partial charge in [-0.2, -0.15) is 0 Å². The second-order valence-electron chi connectivity index (χ2n) is 6.11. The third-order valence-electron chi connectivity index (χ3n) is 4.49. The van der Waals surface area contributed by atoms with E-state index in [0.29, 0.717) is 37.9 Å². The maximum atomic E-state index is 12.6. The van der Waals surface area contributed by atoms with Crippen molar-refractivity contribution < 1.29 is 23.5 Å². The Hall–Kier alpha value is -2.26. The van der Waals surface area contributed by atoms with Gasteiger partial charge in [-0.15, -0.1) is 0 Å². The number of rotatable bonds is 6. The van der Waals surface area contributed by atoms with E-state index in [2.05, 4.69) is 0 Å². The topological polar surface area (TPSA) is 83.3 Å². The third kappa shape index (κ3) is 4.36. The fraction of sp³-hybridized carbons (Fsp3) is 0.500. The minimum atomic E-state index is -0.465. The van der Waals surface area contributed by atoms with Crippen LogP contribution in [0.5, 0.6) is 0 Å². The molecule has 1 aromatic rings. The third-order valence-corrected chi connectivity index (χ3v) is 5.40. The highest BCUT2D eigenvalue weighted by Crippen LogP contribution is 2.33. The first kappa shape index (κ1) is 19.5. The van der Waals surface area contributed by atoms with Gasteiger partial charge >= 0.3 is 0 Å². The molecule has 2 aliphatic heterocycles. The van der Waals surface area contributed by atoms with E-state index in [1.165, 1.54) is 0 Å². The first-order chi connectivity index (χ1) is 13.0. The summed E-state index contributed by atoms with van der Waals surface area (Å²) < 4.78 is 11.0. The van der Waals surface area contributed by atoms with Crippen LogP contribution in [0.15, 0.2) is 21.5 Å². The number of thioether (sulfide) groups is 1. The molecule has 2 fully saturated rings. The lowest BCUT2D eigenvalue weighted by Gasteiger charge is -2.27. The van der Waals surface area contributed by atoms with Crippen LogP contribution in [-0.2, 0) is 14.3 Å². The molecule has 3 amide bonds. The minimum Gasteiger partial charge on any atom is -0.441 e. The minimum absolute atomic E-state index is 0.245. The van der Waals surface area contributed by atoms with Crippen LogP contribution >= 0.6 is 11.8 Å². The average molecular weight is 393 g/mol. The van der Waals surface area contributed by atoms with Gasteiger partial charge in [-0.25, -0.2) is 0 Å². The molecule has 1 aromatic heterocycles. The normalized spacial score (nSPS) is 19.3. The van der Waals surface area contributed by atoms with Gasteiger partial charge in [-0.05, 0) is 31.7 Å². The van der Waals surface area contributed by atoms with Gasteiger partial charge in [-0.1, -0.05) is 0 Å². The Balaban J connectivity index is 1.68.